The smallest absolute Gasteiger partial charge is 0.140 e. The van der Waals surface area contributed by atoms with Crippen molar-refractivity contribution >= 4 is 44.8 Å². The number of thiophene rings is 1. The van der Waals surface area contributed by atoms with E-state index >= 15 is 4.39 Å². The van der Waals surface area contributed by atoms with Crippen molar-refractivity contribution in [1.82, 2.24) is 9.97 Å². The van der Waals surface area contributed by atoms with Crippen LogP contribution in [0.25, 0.3) is 53.8 Å². The molecule has 3 fully saturated rings. The Bertz CT molecular complexity index is 2270. The molecule has 1 atom stereocenters. The predicted octanol–water partition coefficient (Wildman–Crippen LogP) is 12.2. The Kier molecular flexibility index (Phi) is 11.0. The second-order valence-corrected chi connectivity index (χ2v) is 21.5. The molecule has 2 nitrogen and oxygen atoms in total. The van der Waals surface area contributed by atoms with E-state index < -0.39 is 8.07 Å². The molecule has 0 aliphatic heterocycles. The molecule has 10 rings (SSSR count). The second-order valence-electron chi connectivity index (χ2n) is 15.4. The first-order valence-corrected chi connectivity index (χ1v) is 22.6. The number of nitrogens with zero attached hydrogens (tertiary/aromatic N) is 2. The summed E-state index contributed by atoms with van der Waals surface area (Å²) in [5, 5.41) is 3.41. The summed E-state index contributed by atoms with van der Waals surface area (Å²) in [5.74, 6) is 2.53. The number of halogens is 1. The van der Waals surface area contributed by atoms with Crippen LogP contribution >= 0.6 is 11.3 Å². The maximum atomic E-state index is 15.1. The molecule has 1 radical (unpaired) electrons. The fourth-order valence-electron chi connectivity index (χ4n) is 8.09. The SMILES string of the molecule is C[Si](C)(C)c1ccc(-c2[c-]cccc2)nc1.Fc1cc(-c2ccccc2)cc2c1sc1cc(-c3cc(CC4CC5CCC4CC5)ccn3)[c-]cc12.[Ir]. The van der Waals surface area contributed by atoms with Gasteiger partial charge in [0.15, 0.2) is 0 Å². The third-order valence-electron chi connectivity index (χ3n) is 11.0. The van der Waals surface area contributed by atoms with E-state index in [2.05, 4.69) is 78.1 Å². The van der Waals surface area contributed by atoms with Gasteiger partial charge in [0.1, 0.15) is 5.82 Å². The summed E-state index contributed by atoms with van der Waals surface area (Å²) in [6.07, 6.45) is 12.3. The van der Waals surface area contributed by atoms with E-state index in [1.165, 1.54) is 54.2 Å². The quantitative estimate of drug-likeness (QED) is 0.123. The molecule has 0 spiro atoms. The van der Waals surface area contributed by atoms with Crippen molar-refractivity contribution in [3.05, 3.63) is 139 Å². The van der Waals surface area contributed by atoms with E-state index in [9.17, 15) is 0 Å². The van der Waals surface area contributed by atoms with E-state index in [0.717, 1.165) is 73.3 Å². The summed E-state index contributed by atoms with van der Waals surface area (Å²) in [6.45, 7) is 7.00. The van der Waals surface area contributed by atoms with Gasteiger partial charge in [-0.15, -0.1) is 59.7 Å². The molecule has 7 aromatic rings. The summed E-state index contributed by atoms with van der Waals surface area (Å²) < 4.78 is 16.9. The molecule has 3 aliphatic rings. The van der Waals surface area contributed by atoms with Crippen molar-refractivity contribution in [1.29, 1.82) is 0 Å². The van der Waals surface area contributed by atoms with Gasteiger partial charge in [-0.05, 0) is 93.4 Å². The molecule has 2 bridgehead atoms. The van der Waals surface area contributed by atoms with Crippen molar-refractivity contribution in [2.24, 2.45) is 17.8 Å². The van der Waals surface area contributed by atoms with E-state index in [-0.39, 0.29) is 25.9 Å². The first-order chi connectivity index (χ1) is 24.8. The Morgan fingerprint density at radius 3 is 2.27 bits per heavy atom. The zero-order valence-electron chi connectivity index (χ0n) is 30.0. The van der Waals surface area contributed by atoms with Crippen LogP contribution in [0.5, 0.6) is 0 Å². The summed E-state index contributed by atoms with van der Waals surface area (Å²) >= 11 is 1.52. The van der Waals surface area contributed by atoms with E-state index in [4.69, 9.17) is 0 Å². The fraction of sp³-hybridized carbons (Fsp3) is 0.261. The largest absolute Gasteiger partial charge is 0.305 e. The van der Waals surface area contributed by atoms with Crippen LogP contribution in [0.3, 0.4) is 0 Å². The Morgan fingerprint density at radius 2 is 1.58 bits per heavy atom. The van der Waals surface area contributed by atoms with Gasteiger partial charge in [-0.25, -0.2) is 4.39 Å². The third kappa shape index (κ3) is 7.91. The van der Waals surface area contributed by atoms with Crippen LogP contribution in [0.2, 0.25) is 19.6 Å². The summed E-state index contributed by atoms with van der Waals surface area (Å²) in [6, 6.07) is 41.3. The van der Waals surface area contributed by atoms with Gasteiger partial charge in [0.25, 0.3) is 0 Å². The summed E-state index contributed by atoms with van der Waals surface area (Å²) in [5.41, 5.74) is 7.34. The van der Waals surface area contributed by atoms with Crippen LogP contribution < -0.4 is 5.19 Å². The number of hydrogen-bond acceptors (Lipinski definition) is 3. The maximum Gasteiger partial charge on any atom is 0.140 e. The normalized spacial score (nSPS) is 18.1. The molecule has 0 amide bonds. The predicted molar refractivity (Wildman–Crippen MR) is 216 cm³/mol. The Hall–Kier alpha value is -3.80. The minimum absolute atomic E-state index is 0. The van der Waals surface area contributed by atoms with Gasteiger partial charge in [-0.1, -0.05) is 98.0 Å². The molecule has 0 saturated heterocycles. The van der Waals surface area contributed by atoms with Crippen molar-refractivity contribution in [3.8, 4) is 33.6 Å². The van der Waals surface area contributed by atoms with E-state index in [0.29, 0.717) is 4.70 Å². The first kappa shape index (κ1) is 36.6. The van der Waals surface area contributed by atoms with Crippen molar-refractivity contribution in [2.45, 2.75) is 58.2 Å². The van der Waals surface area contributed by atoms with Crippen LogP contribution in [0.15, 0.2) is 116 Å². The van der Waals surface area contributed by atoms with Crippen LogP contribution in [0.4, 0.5) is 4.39 Å². The minimum Gasteiger partial charge on any atom is -0.305 e. The van der Waals surface area contributed by atoms with Crippen molar-refractivity contribution in [3.63, 3.8) is 0 Å². The second kappa shape index (κ2) is 15.7. The average Bonchev–Trinajstić information content (AvgIpc) is 3.55. The maximum absolute atomic E-state index is 15.1. The standard InChI is InChI=1S/C32H27FNS.C14H16NSi.Ir/c33-29-18-26(22-4-2-1-3-5-22)17-28-27-11-10-24(19-31(27)35-32(28)29)30-16-21(12-13-34-30)15-25-14-20-6-8-23(25)9-7-20;1-16(2,3)13-9-10-14(15-11-13)12-7-5-4-6-8-12;/h1-5,11-13,16-20,23,25H,6-9,14-15H2;4-7,9-11H,1-3H3;/q2*-1;. The van der Waals surface area contributed by atoms with E-state index in [1.54, 1.807) is 6.07 Å². The van der Waals surface area contributed by atoms with E-state index in [1.807, 2.05) is 73.1 Å². The van der Waals surface area contributed by atoms with Gasteiger partial charge in [0.2, 0.25) is 0 Å². The molecule has 1 unspecified atom stereocenters. The molecular formula is C46H43FIrN2SSi-2. The van der Waals surface area contributed by atoms with Gasteiger partial charge < -0.3 is 9.97 Å². The Labute approximate surface area is 326 Å². The van der Waals surface area contributed by atoms with Crippen LogP contribution in [-0.4, -0.2) is 18.0 Å². The van der Waals surface area contributed by atoms with Crippen molar-refractivity contribution in [2.75, 3.05) is 0 Å². The third-order valence-corrected chi connectivity index (χ3v) is 14.2. The molecule has 265 valence electrons. The average molecular weight is 895 g/mol. The number of benzene rings is 4. The molecule has 4 aromatic carbocycles. The number of fused-ring (bicyclic) bond motifs is 6. The number of pyridine rings is 2. The molecular weight excluding hydrogens is 852 g/mol. The zero-order chi connectivity index (χ0) is 35.0. The molecule has 0 N–H and O–H groups in total. The van der Waals surface area contributed by atoms with Gasteiger partial charge >= 0.3 is 0 Å². The molecule has 3 saturated carbocycles. The van der Waals surface area contributed by atoms with Gasteiger partial charge in [0, 0.05) is 32.5 Å². The minimum atomic E-state index is -1.23. The zero-order valence-corrected chi connectivity index (χ0v) is 34.2. The number of rotatable bonds is 6. The van der Waals surface area contributed by atoms with Gasteiger partial charge in [0.05, 0.1) is 12.8 Å². The van der Waals surface area contributed by atoms with Crippen LogP contribution in [0, 0.1) is 35.7 Å². The molecule has 6 heteroatoms. The summed E-state index contributed by atoms with van der Waals surface area (Å²) in [4.78, 5) is 9.20. The molecule has 52 heavy (non-hydrogen) atoms. The Balaban J connectivity index is 0.000000209. The molecule has 3 heterocycles. The number of aromatic nitrogens is 2. The van der Waals surface area contributed by atoms with Gasteiger partial charge in [-0.3, -0.25) is 0 Å². The van der Waals surface area contributed by atoms with Crippen LogP contribution in [0.1, 0.15) is 37.7 Å². The van der Waals surface area contributed by atoms with Crippen LogP contribution in [-0.2, 0) is 26.5 Å². The molecule has 3 aliphatic carbocycles. The monoisotopic (exact) mass is 895 g/mol. The fourth-order valence-corrected chi connectivity index (χ4v) is 10.2. The first-order valence-electron chi connectivity index (χ1n) is 18.3. The topological polar surface area (TPSA) is 25.8 Å². The number of hydrogen-bond donors (Lipinski definition) is 0. The Morgan fingerprint density at radius 1 is 0.769 bits per heavy atom. The summed E-state index contributed by atoms with van der Waals surface area (Å²) in [7, 11) is -1.23. The van der Waals surface area contributed by atoms with Gasteiger partial charge in [-0.2, -0.15) is 11.3 Å². The molecule has 3 aromatic heterocycles. The van der Waals surface area contributed by atoms with Crippen molar-refractivity contribution < 1.29 is 24.5 Å².